The number of ether oxygens (including phenoxy) is 2. The summed E-state index contributed by atoms with van der Waals surface area (Å²) in [5, 5.41) is 11.6. The fourth-order valence-corrected chi connectivity index (χ4v) is 4.10. The van der Waals surface area contributed by atoms with Crippen LogP contribution in [0.5, 0.6) is 11.5 Å². The molecule has 1 amide bonds. The zero-order valence-corrected chi connectivity index (χ0v) is 19.4. The molecule has 0 unspecified atom stereocenters. The van der Waals surface area contributed by atoms with Crippen molar-refractivity contribution in [3.63, 3.8) is 0 Å². The number of amides is 1. The van der Waals surface area contributed by atoms with Crippen LogP contribution < -0.4 is 4.74 Å². The Morgan fingerprint density at radius 3 is 2.38 bits per heavy atom. The lowest BCUT2D eigenvalue weighted by Crippen LogP contribution is -2.31. The van der Waals surface area contributed by atoms with Gasteiger partial charge in [0.05, 0.1) is 11.6 Å². The van der Waals surface area contributed by atoms with E-state index in [4.69, 9.17) is 21.1 Å². The summed E-state index contributed by atoms with van der Waals surface area (Å²) in [4.78, 5) is 27.6. The normalized spacial score (nSPS) is 17.2. The number of carbonyl (C=O) groups excluding carboxylic acids is 2. The second-order valence-corrected chi connectivity index (χ2v) is 8.27. The van der Waals surface area contributed by atoms with Gasteiger partial charge in [0.15, 0.2) is 0 Å². The van der Waals surface area contributed by atoms with Crippen LogP contribution in [0.3, 0.4) is 0 Å². The molecule has 0 saturated carbocycles. The Kier molecular flexibility index (Phi) is 7.30. The number of hydrogen-bond donors (Lipinski definition) is 1. The molecule has 0 spiro atoms. The average Bonchev–Trinajstić information content (AvgIpc) is 3.10. The molecule has 1 N–H and O–H groups in total. The molecule has 0 aliphatic carbocycles. The van der Waals surface area contributed by atoms with Crippen molar-refractivity contribution in [2.75, 3.05) is 20.3 Å². The number of para-hydroxylation sites is 1. The molecular weight excluding hydrogens is 454 g/mol. The smallest absolute Gasteiger partial charge is 0.295 e. The summed E-state index contributed by atoms with van der Waals surface area (Å²) >= 11 is 5.98. The Morgan fingerprint density at radius 1 is 0.971 bits per heavy atom. The number of carbonyl (C=O) groups is 2. The molecule has 1 aliphatic rings. The highest BCUT2D eigenvalue weighted by Crippen LogP contribution is 2.40. The van der Waals surface area contributed by atoms with E-state index >= 15 is 0 Å². The van der Waals surface area contributed by atoms with Gasteiger partial charge in [-0.15, -0.1) is 0 Å². The Labute approximate surface area is 203 Å². The van der Waals surface area contributed by atoms with Crippen LogP contribution in [-0.4, -0.2) is 42.0 Å². The number of rotatable bonds is 8. The first-order valence-corrected chi connectivity index (χ1v) is 11.2. The van der Waals surface area contributed by atoms with E-state index in [1.165, 1.54) is 4.90 Å². The van der Waals surface area contributed by atoms with Crippen molar-refractivity contribution >= 4 is 29.1 Å². The van der Waals surface area contributed by atoms with E-state index < -0.39 is 17.7 Å². The molecule has 0 bridgehead atoms. The van der Waals surface area contributed by atoms with Gasteiger partial charge in [0, 0.05) is 30.8 Å². The van der Waals surface area contributed by atoms with Crippen LogP contribution in [0, 0.1) is 0 Å². The first kappa shape index (κ1) is 23.5. The molecule has 3 aromatic carbocycles. The first-order chi connectivity index (χ1) is 16.5. The number of likely N-dealkylation sites (tertiary alicyclic amines) is 1. The largest absolute Gasteiger partial charge is 0.507 e. The monoisotopic (exact) mass is 477 g/mol. The van der Waals surface area contributed by atoms with Gasteiger partial charge in [-0.2, -0.15) is 0 Å². The van der Waals surface area contributed by atoms with Crippen LogP contribution in [0.2, 0.25) is 5.02 Å². The van der Waals surface area contributed by atoms with E-state index in [9.17, 15) is 14.7 Å². The molecular formula is C27H24ClNO5. The zero-order chi connectivity index (χ0) is 24.1. The van der Waals surface area contributed by atoms with Crippen LogP contribution >= 0.6 is 11.6 Å². The summed E-state index contributed by atoms with van der Waals surface area (Å²) in [5.74, 6) is -0.425. The minimum Gasteiger partial charge on any atom is -0.507 e. The molecule has 1 fully saturated rings. The van der Waals surface area contributed by atoms with Crippen molar-refractivity contribution in [3.05, 3.63) is 101 Å². The van der Waals surface area contributed by atoms with Gasteiger partial charge in [-0.25, -0.2) is 0 Å². The molecule has 4 rings (SSSR count). The number of halogens is 1. The standard InChI is InChI=1S/C27H24ClNO5/c1-33-16-6-15-29-24(19-7-5-10-22(17-19)34-21-8-3-2-4-9-21)23(26(31)27(29)32)25(30)18-11-13-20(28)14-12-18/h2-5,7-14,17,24,30H,6,15-16H2,1H3/t24-/m1/s1. The van der Waals surface area contributed by atoms with Gasteiger partial charge in [-0.1, -0.05) is 41.9 Å². The van der Waals surface area contributed by atoms with Gasteiger partial charge >= 0.3 is 0 Å². The highest BCUT2D eigenvalue weighted by Gasteiger charge is 2.45. The minimum absolute atomic E-state index is 0.0293. The maximum Gasteiger partial charge on any atom is 0.295 e. The van der Waals surface area contributed by atoms with E-state index in [1.54, 1.807) is 49.6 Å². The van der Waals surface area contributed by atoms with Crippen molar-refractivity contribution in [2.24, 2.45) is 0 Å². The summed E-state index contributed by atoms with van der Waals surface area (Å²) in [7, 11) is 1.58. The minimum atomic E-state index is -0.771. The second kappa shape index (κ2) is 10.5. The zero-order valence-electron chi connectivity index (χ0n) is 18.6. The van der Waals surface area contributed by atoms with Crippen LogP contribution in [0.1, 0.15) is 23.6 Å². The SMILES string of the molecule is COCCCN1C(=O)C(=O)C(=C(O)c2ccc(Cl)cc2)[C@H]1c1cccc(Oc2ccccc2)c1. The highest BCUT2D eigenvalue weighted by atomic mass is 35.5. The number of benzene rings is 3. The average molecular weight is 478 g/mol. The van der Waals surface area contributed by atoms with Crippen molar-refractivity contribution < 1.29 is 24.2 Å². The lowest BCUT2D eigenvalue weighted by Gasteiger charge is -2.25. The van der Waals surface area contributed by atoms with Crippen LogP contribution in [0.15, 0.2) is 84.4 Å². The Morgan fingerprint density at radius 2 is 1.68 bits per heavy atom. The van der Waals surface area contributed by atoms with Gasteiger partial charge < -0.3 is 19.5 Å². The first-order valence-electron chi connectivity index (χ1n) is 10.9. The number of hydrogen-bond acceptors (Lipinski definition) is 5. The van der Waals surface area contributed by atoms with Crippen LogP contribution in [0.25, 0.3) is 5.76 Å². The van der Waals surface area contributed by atoms with Gasteiger partial charge in [0.1, 0.15) is 17.3 Å². The molecule has 1 atom stereocenters. The number of nitrogens with zero attached hydrogens (tertiary/aromatic N) is 1. The van der Waals surface area contributed by atoms with Crippen molar-refractivity contribution in [1.29, 1.82) is 0 Å². The molecule has 6 nitrogen and oxygen atoms in total. The van der Waals surface area contributed by atoms with Gasteiger partial charge in [-0.05, 0) is 60.5 Å². The molecule has 1 saturated heterocycles. The predicted octanol–water partition coefficient (Wildman–Crippen LogP) is 5.59. The molecule has 0 radical (unpaired) electrons. The number of aliphatic hydroxyl groups excluding tert-OH is 1. The van der Waals surface area contributed by atoms with Crippen molar-refractivity contribution in [1.82, 2.24) is 4.90 Å². The summed E-state index contributed by atoms with van der Waals surface area (Å²) in [5.41, 5.74) is 1.09. The number of ketones is 1. The van der Waals surface area contributed by atoms with E-state index in [1.807, 2.05) is 36.4 Å². The number of methoxy groups -OCH3 is 1. The topological polar surface area (TPSA) is 76.1 Å². The summed E-state index contributed by atoms with van der Waals surface area (Å²) in [6.07, 6.45) is 0.543. The molecule has 7 heteroatoms. The number of Topliss-reactive ketones (excluding diaryl/α,β-unsaturated/α-hetero) is 1. The fourth-order valence-electron chi connectivity index (χ4n) is 3.97. The summed E-state index contributed by atoms with van der Waals surface area (Å²) < 4.78 is 11.1. The van der Waals surface area contributed by atoms with E-state index in [0.29, 0.717) is 47.2 Å². The lowest BCUT2D eigenvalue weighted by atomic mass is 9.95. The number of aliphatic hydroxyl groups is 1. The Bertz CT molecular complexity index is 1210. The molecule has 1 aliphatic heterocycles. The third-order valence-corrected chi connectivity index (χ3v) is 5.81. The van der Waals surface area contributed by atoms with Crippen molar-refractivity contribution in [2.45, 2.75) is 12.5 Å². The molecule has 174 valence electrons. The summed E-state index contributed by atoms with van der Waals surface area (Å²) in [6, 6.07) is 22.2. The summed E-state index contributed by atoms with van der Waals surface area (Å²) in [6.45, 7) is 0.730. The highest BCUT2D eigenvalue weighted by molar-refractivity contribution is 6.46. The van der Waals surface area contributed by atoms with Gasteiger partial charge in [-0.3, -0.25) is 9.59 Å². The third kappa shape index (κ3) is 4.98. The maximum absolute atomic E-state index is 13.1. The van der Waals surface area contributed by atoms with Gasteiger partial charge in [0.2, 0.25) is 0 Å². The van der Waals surface area contributed by atoms with E-state index in [0.717, 1.165) is 0 Å². The van der Waals surface area contributed by atoms with Crippen molar-refractivity contribution in [3.8, 4) is 11.5 Å². The fraction of sp³-hybridized carbons (Fsp3) is 0.185. The predicted molar refractivity (Wildman–Crippen MR) is 130 cm³/mol. The van der Waals surface area contributed by atoms with Crippen LogP contribution in [-0.2, 0) is 14.3 Å². The molecule has 3 aromatic rings. The second-order valence-electron chi connectivity index (χ2n) is 7.83. The molecule has 34 heavy (non-hydrogen) atoms. The molecule has 1 heterocycles. The maximum atomic E-state index is 13.1. The van der Waals surface area contributed by atoms with E-state index in [2.05, 4.69) is 0 Å². The lowest BCUT2D eigenvalue weighted by molar-refractivity contribution is -0.140. The third-order valence-electron chi connectivity index (χ3n) is 5.56. The quantitative estimate of drug-likeness (QED) is 0.198. The Balaban J connectivity index is 1.78. The van der Waals surface area contributed by atoms with Crippen LogP contribution in [0.4, 0.5) is 0 Å². The van der Waals surface area contributed by atoms with Gasteiger partial charge in [0.25, 0.3) is 11.7 Å². The van der Waals surface area contributed by atoms with E-state index in [-0.39, 0.29) is 11.3 Å². The molecule has 0 aromatic heterocycles. The Hall–Kier alpha value is -3.61.